The lowest BCUT2D eigenvalue weighted by Gasteiger charge is -2.15. The van der Waals surface area contributed by atoms with Gasteiger partial charge < -0.3 is 14.2 Å². The van der Waals surface area contributed by atoms with Gasteiger partial charge in [-0.2, -0.15) is 0 Å². The van der Waals surface area contributed by atoms with Gasteiger partial charge in [0.15, 0.2) is 0 Å². The van der Waals surface area contributed by atoms with E-state index in [0.29, 0.717) is 19.6 Å². The fourth-order valence-corrected chi connectivity index (χ4v) is 3.95. The molecule has 1 aromatic heterocycles. The topological polar surface area (TPSA) is 47.4 Å². The van der Waals surface area contributed by atoms with Gasteiger partial charge in [0.25, 0.3) is 0 Å². The van der Waals surface area contributed by atoms with Crippen LogP contribution in [0.2, 0.25) is 0 Å². The Labute approximate surface area is 159 Å². The summed E-state index contributed by atoms with van der Waals surface area (Å²) in [6.07, 6.45) is 0.526. The minimum Gasteiger partial charge on any atom is -0.492 e. The molecule has 1 unspecified atom stereocenters. The normalized spacial score (nSPS) is 17.1. The van der Waals surface area contributed by atoms with Crippen LogP contribution in [-0.2, 0) is 11.3 Å². The molecule has 3 aromatic rings. The first-order valence-corrected chi connectivity index (χ1v) is 9.41. The first kappa shape index (κ1) is 17.6. The number of amides is 1. The molecule has 2 aromatic carbocycles. The molecule has 1 fully saturated rings. The molecule has 4 rings (SSSR count). The maximum Gasteiger partial charge on any atom is 0.223 e. The Kier molecular flexibility index (Phi) is 4.60. The molecule has 0 aliphatic carbocycles. The predicted octanol–water partition coefficient (Wildman–Crippen LogP) is 3.68. The van der Waals surface area contributed by atoms with Crippen LogP contribution in [0.25, 0.3) is 11.0 Å². The van der Waals surface area contributed by atoms with Crippen LogP contribution in [0.4, 0.5) is 0 Å². The molecule has 2 heterocycles. The number of fused-ring (bicyclic) bond motifs is 1. The van der Waals surface area contributed by atoms with E-state index in [9.17, 15) is 4.79 Å². The number of likely N-dealkylation sites (tertiary alicyclic amines) is 1. The van der Waals surface area contributed by atoms with Gasteiger partial charge in [-0.1, -0.05) is 18.2 Å². The van der Waals surface area contributed by atoms with E-state index in [0.717, 1.165) is 29.2 Å². The van der Waals surface area contributed by atoms with Crippen molar-refractivity contribution in [2.24, 2.45) is 0 Å². The summed E-state index contributed by atoms with van der Waals surface area (Å²) >= 11 is 0. The summed E-state index contributed by atoms with van der Waals surface area (Å²) in [4.78, 5) is 18.6. The minimum absolute atomic E-state index is 0.135. The predicted molar refractivity (Wildman–Crippen MR) is 106 cm³/mol. The van der Waals surface area contributed by atoms with E-state index in [4.69, 9.17) is 9.72 Å². The molecule has 0 N–H and O–H groups in total. The van der Waals surface area contributed by atoms with Gasteiger partial charge in [-0.15, -0.1) is 0 Å². The Morgan fingerprint density at radius 1 is 1.15 bits per heavy atom. The number of carbonyl (C=O) groups is 1. The quantitative estimate of drug-likeness (QED) is 0.695. The van der Waals surface area contributed by atoms with Crippen LogP contribution in [0.15, 0.2) is 42.5 Å². The van der Waals surface area contributed by atoms with Crippen molar-refractivity contribution in [1.82, 2.24) is 14.5 Å². The van der Waals surface area contributed by atoms with E-state index in [1.807, 2.05) is 25.2 Å². The van der Waals surface area contributed by atoms with E-state index < -0.39 is 0 Å². The zero-order valence-electron chi connectivity index (χ0n) is 16.1. The van der Waals surface area contributed by atoms with E-state index in [-0.39, 0.29) is 11.8 Å². The highest BCUT2D eigenvalue weighted by Gasteiger charge is 2.31. The Morgan fingerprint density at radius 3 is 2.59 bits per heavy atom. The van der Waals surface area contributed by atoms with Crippen LogP contribution in [0.3, 0.4) is 0 Å². The Hall–Kier alpha value is -2.82. The Morgan fingerprint density at radius 2 is 1.89 bits per heavy atom. The van der Waals surface area contributed by atoms with Crippen LogP contribution in [0, 0.1) is 13.8 Å². The third-order valence-electron chi connectivity index (χ3n) is 5.17. The second-order valence-corrected chi connectivity index (χ2v) is 7.46. The Bertz CT molecular complexity index is 972. The summed E-state index contributed by atoms with van der Waals surface area (Å²) in [7, 11) is 1.86. The summed E-state index contributed by atoms with van der Waals surface area (Å²) in [6, 6.07) is 14.4. The molecule has 27 heavy (non-hydrogen) atoms. The van der Waals surface area contributed by atoms with Gasteiger partial charge in [-0.25, -0.2) is 4.98 Å². The highest BCUT2D eigenvalue weighted by atomic mass is 16.5. The molecule has 5 heteroatoms. The number of benzene rings is 2. The molecule has 1 atom stereocenters. The number of likely N-dealkylation sites (N-methyl/N-ethyl adjacent to an activating group) is 1. The van der Waals surface area contributed by atoms with Gasteiger partial charge in [-0.3, -0.25) is 4.79 Å². The van der Waals surface area contributed by atoms with Crippen LogP contribution < -0.4 is 4.74 Å². The summed E-state index contributed by atoms with van der Waals surface area (Å²) in [5.74, 6) is 2.20. The summed E-state index contributed by atoms with van der Waals surface area (Å²) in [5, 5.41) is 0. The number of imidazole rings is 1. The molecule has 1 aliphatic rings. The minimum atomic E-state index is 0.135. The second-order valence-electron chi connectivity index (χ2n) is 7.46. The van der Waals surface area contributed by atoms with Crippen molar-refractivity contribution >= 4 is 16.9 Å². The lowest BCUT2D eigenvalue weighted by atomic mass is 10.1. The van der Waals surface area contributed by atoms with Crippen molar-refractivity contribution in [3.05, 3.63) is 59.4 Å². The van der Waals surface area contributed by atoms with Crippen LogP contribution in [0.1, 0.15) is 29.3 Å². The summed E-state index contributed by atoms with van der Waals surface area (Å²) in [5.41, 5.74) is 4.47. The Balaban J connectivity index is 1.58. The number of hydrogen-bond donors (Lipinski definition) is 0. The number of para-hydroxylation sites is 2. The number of nitrogens with zero attached hydrogens (tertiary/aromatic N) is 3. The van der Waals surface area contributed by atoms with Gasteiger partial charge in [0.2, 0.25) is 5.91 Å². The smallest absolute Gasteiger partial charge is 0.223 e. The van der Waals surface area contributed by atoms with Crippen molar-refractivity contribution in [3.8, 4) is 5.75 Å². The maximum absolute atomic E-state index is 12.0. The average Bonchev–Trinajstić information content (AvgIpc) is 3.15. The van der Waals surface area contributed by atoms with Crippen molar-refractivity contribution in [2.75, 3.05) is 20.2 Å². The number of aryl methyl sites for hydroxylation is 2. The van der Waals surface area contributed by atoms with Crippen molar-refractivity contribution in [1.29, 1.82) is 0 Å². The number of hydrogen-bond acceptors (Lipinski definition) is 3. The first-order chi connectivity index (χ1) is 13.0. The first-order valence-electron chi connectivity index (χ1n) is 9.41. The van der Waals surface area contributed by atoms with E-state index >= 15 is 0 Å². The summed E-state index contributed by atoms with van der Waals surface area (Å²) in [6.45, 7) is 6.15. The van der Waals surface area contributed by atoms with Crippen molar-refractivity contribution in [2.45, 2.75) is 32.7 Å². The third-order valence-corrected chi connectivity index (χ3v) is 5.17. The molecule has 0 spiro atoms. The monoisotopic (exact) mass is 363 g/mol. The highest BCUT2D eigenvalue weighted by molar-refractivity contribution is 5.80. The van der Waals surface area contributed by atoms with Crippen LogP contribution >= 0.6 is 0 Å². The standard InChI is InChI=1S/C22H25N3O2/c1-15-10-16(2)12-18(11-15)27-9-8-25-20-7-5-4-6-19(20)23-22(25)17-13-21(26)24(3)14-17/h4-7,10-12,17H,8-9,13-14H2,1-3H3. The number of carbonyl (C=O) groups excluding carboxylic acids is 1. The maximum atomic E-state index is 12.0. The van der Waals surface area contributed by atoms with Gasteiger partial charge in [0, 0.05) is 25.9 Å². The number of rotatable bonds is 5. The number of ether oxygens (including phenoxy) is 1. The molecule has 5 nitrogen and oxygen atoms in total. The number of aromatic nitrogens is 2. The second kappa shape index (κ2) is 7.06. The molecular weight excluding hydrogens is 338 g/mol. The third kappa shape index (κ3) is 3.54. The lowest BCUT2D eigenvalue weighted by Crippen LogP contribution is -2.19. The SMILES string of the molecule is Cc1cc(C)cc(OCCn2c(C3CC(=O)N(C)C3)nc3ccccc32)c1. The van der Waals surface area contributed by atoms with Crippen LogP contribution in [-0.4, -0.2) is 40.6 Å². The van der Waals surface area contributed by atoms with E-state index in [1.165, 1.54) is 11.1 Å². The molecule has 1 saturated heterocycles. The largest absolute Gasteiger partial charge is 0.492 e. The average molecular weight is 363 g/mol. The van der Waals surface area contributed by atoms with Crippen molar-refractivity contribution in [3.63, 3.8) is 0 Å². The fourth-order valence-electron chi connectivity index (χ4n) is 3.95. The fraction of sp³-hybridized carbons (Fsp3) is 0.364. The van der Waals surface area contributed by atoms with Gasteiger partial charge in [-0.05, 0) is 49.2 Å². The molecule has 1 aliphatic heterocycles. The molecule has 0 saturated carbocycles. The molecule has 0 radical (unpaired) electrons. The lowest BCUT2D eigenvalue weighted by molar-refractivity contribution is -0.126. The van der Waals surface area contributed by atoms with Crippen LogP contribution in [0.5, 0.6) is 5.75 Å². The highest BCUT2D eigenvalue weighted by Crippen LogP contribution is 2.29. The molecule has 0 bridgehead atoms. The van der Waals surface area contributed by atoms with Crippen molar-refractivity contribution < 1.29 is 9.53 Å². The van der Waals surface area contributed by atoms with Gasteiger partial charge in [0.05, 0.1) is 17.6 Å². The van der Waals surface area contributed by atoms with Gasteiger partial charge in [0.1, 0.15) is 18.2 Å². The molecule has 1 amide bonds. The molecule has 140 valence electrons. The summed E-state index contributed by atoms with van der Waals surface area (Å²) < 4.78 is 8.24. The molecular formula is C22H25N3O2. The van der Waals surface area contributed by atoms with Gasteiger partial charge >= 0.3 is 0 Å². The van der Waals surface area contributed by atoms with E-state index in [2.05, 4.69) is 42.7 Å². The zero-order chi connectivity index (χ0) is 19.0. The van der Waals surface area contributed by atoms with E-state index in [1.54, 1.807) is 4.90 Å². The zero-order valence-corrected chi connectivity index (χ0v) is 16.1.